The number of rotatable bonds is 1. The summed E-state index contributed by atoms with van der Waals surface area (Å²) < 4.78 is 4.89. The van der Waals surface area contributed by atoms with Crippen LogP contribution in [0.5, 0.6) is 0 Å². The summed E-state index contributed by atoms with van der Waals surface area (Å²) in [7, 11) is 0. The minimum atomic E-state index is 0. The summed E-state index contributed by atoms with van der Waals surface area (Å²) >= 11 is 0. The van der Waals surface area contributed by atoms with Crippen molar-refractivity contribution in [1.82, 2.24) is 15.5 Å². The molecule has 0 bridgehead atoms. The van der Waals surface area contributed by atoms with E-state index in [0.717, 1.165) is 18.9 Å². The van der Waals surface area contributed by atoms with Gasteiger partial charge in [0.2, 0.25) is 5.89 Å². The second-order valence-corrected chi connectivity index (χ2v) is 2.43. The highest BCUT2D eigenvalue weighted by Gasteiger charge is 2.20. The summed E-state index contributed by atoms with van der Waals surface area (Å²) in [5.41, 5.74) is 0. The SMILES string of the molecule is Cl.c1noc([C@@H]2CCCN2)n1. The molecule has 1 fully saturated rings. The number of hydrogen-bond donors (Lipinski definition) is 1. The number of nitrogens with zero attached hydrogens (tertiary/aromatic N) is 2. The number of halogens is 1. The molecule has 1 saturated heterocycles. The summed E-state index contributed by atoms with van der Waals surface area (Å²) in [5, 5.41) is 6.80. The Kier molecular flexibility index (Phi) is 2.84. The largest absolute Gasteiger partial charge is 0.338 e. The van der Waals surface area contributed by atoms with Crippen molar-refractivity contribution in [3.63, 3.8) is 0 Å². The molecule has 1 aliphatic heterocycles. The van der Waals surface area contributed by atoms with E-state index in [0.29, 0.717) is 6.04 Å². The van der Waals surface area contributed by atoms with Gasteiger partial charge in [0.1, 0.15) is 0 Å². The fraction of sp³-hybridized carbons (Fsp3) is 0.667. The van der Waals surface area contributed by atoms with Crippen LogP contribution in [0, 0.1) is 0 Å². The third-order valence-electron chi connectivity index (χ3n) is 1.74. The van der Waals surface area contributed by atoms with Crippen LogP contribution in [0.2, 0.25) is 0 Å². The first-order valence-electron chi connectivity index (χ1n) is 3.47. The molecule has 0 radical (unpaired) electrons. The number of hydrogen-bond acceptors (Lipinski definition) is 4. The van der Waals surface area contributed by atoms with E-state index in [4.69, 9.17) is 4.52 Å². The topological polar surface area (TPSA) is 51.0 Å². The van der Waals surface area contributed by atoms with Crippen molar-refractivity contribution in [2.45, 2.75) is 18.9 Å². The zero-order chi connectivity index (χ0) is 6.81. The molecule has 0 aromatic carbocycles. The quantitative estimate of drug-likeness (QED) is 0.690. The smallest absolute Gasteiger partial charge is 0.243 e. The Labute approximate surface area is 70.8 Å². The highest BCUT2D eigenvalue weighted by atomic mass is 35.5. The van der Waals surface area contributed by atoms with Crippen LogP contribution in [0.15, 0.2) is 10.9 Å². The molecule has 0 spiro atoms. The standard InChI is InChI=1S/C6H9N3O.ClH/c1-2-5(7-3-1)6-8-4-9-10-6;/h4-5,7H,1-3H2;1H/t5-;/m0./s1. The van der Waals surface area contributed by atoms with Crippen LogP contribution in [0.3, 0.4) is 0 Å². The summed E-state index contributed by atoms with van der Waals surface area (Å²) in [5.74, 6) is 0.720. The second kappa shape index (κ2) is 3.69. The fourth-order valence-electron chi connectivity index (χ4n) is 1.23. The maximum Gasteiger partial charge on any atom is 0.243 e. The third-order valence-corrected chi connectivity index (χ3v) is 1.74. The van der Waals surface area contributed by atoms with Gasteiger partial charge in [-0.2, -0.15) is 4.98 Å². The van der Waals surface area contributed by atoms with Gasteiger partial charge in [-0.15, -0.1) is 12.4 Å². The molecule has 0 amide bonds. The van der Waals surface area contributed by atoms with Crippen LogP contribution in [0.4, 0.5) is 0 Å². The molecule has 1 aromatic rings. The summed E-state index contributed by atoms with van der Waals surface area (Å²) in [6.45, 7) is 1.06. The summed E-state index contributed by atoms with van der Waals surface area (Å²) in [4.78, 5) is 3.96. The van der Waals surface area contributed by atoms with Crippen molar-refractivity contribution in [2.24, 2.45) is 0 Å². The molecule has 0 saturated carbocycles. The molecule has 1 N–H and O–H groups in total. The Morgan fingerprint density at radius 3 is 3.09 bits per heavy atom. The number of nitrogens with one attached hydrogen (secondary N) is 1. The molecular weight excluding hydrogens is 166 g/mol. The molecule has 11 heavy (non-hydrogen) atoms. The Balaban J connectivity index is 0.000000605. The first-order valence-corrected chi connectivity index (χ1v) is 3.47. The van der Waals surface area contributed by atoms with Crippen LogP contribution < -0.4 is 5.32 Å². The van der Waals surface area contributed by atoms with Crippen LogP contribution in [0.25, 0.3) is 0 Å². The van der Waals surface area contributed by atoms with E-state index in [1.165, 1.54) is 12.7 Å². The lowest BCUT2D eigenvalue weighted by Gasteiger charge is -2.00. The first-order chi connectivity index (χ1) is 4.97. The van der Waals surface area contributed by atoms with E-state index in [2.05, 4.69) is 15.5 Å². The van der Waals surface area contributed by atoms with E-state index in [9.17, 15) is 0 Å². The van der Waals surface area contributed by atoms with Crippen molar-refractivity contribution >= 4 is 12.4 Å². The van der Waals surface area contributed by atoms with E-state index in [1.807, 2.05) is 0 Å². The van der Waals surface area contributed by atoms with Crippen molar-refractivity contribution in [3.8, 4) is 0 Å². The molecule has 0 unspecified atom stereocenters. The normalized spacial score (nSPS) is 23.1. The van der Waals surface area contributed by atoms with E-state index in [1.54, 1.807) is 0 Å². The van der Waals surface area contributed by atoms with E-state index in [-0.39, 0.29) is 12.4 Å². The van der Waals surface area contributed by atoms with Crippen LogP contribution >= 0.6 is 12.4 Å². The monoisotopic (exact) mass is 175 g/mol. The molecule has 2 rings (SSSR count). The van der Waals surface area contributed by atoms with Crippen molar-refractivity contribution in [2.75, 3.05) is 6.54 Å². The van der Waals surface area contributed by atoms with Crippen molar-refractivity contribution in [1.29, 1.82) is 0 Å². The average Bonchev–Trinajstić information content (AvgIpc) is 2.59. The zero-order valence-electron chi connectivity index (χ0n) is 5.99. The fourth-order valence-corrected chi connectivity index (χ4v) is 1.23. The number of aromatic nitrogens is 2. The molecule has 0 aliphatic carbocycles. The first kappa shape index (κ1) is 8.49. The van der Waals surface area contributed by atoms with Crippen LogP contribution in [-0.2, 0) is 0 Å². The predicted molar refractivity (Wildman–Crippen MR) is 41.5 cm³/mol. The summed E-state index contributed by atoms with van der Waals surface area (Å²) in [6, 6.07) is 0.308. The second-order valence-electron chi connectivity index (χ2n) is 2.43. The molecule has 2 heterocycles. The Bertz CT molecular complexity index is 196. The van der Waals surface area contributed by atoms with Gasteiger partial charge in [-0.3, -0.25) is 0 Å². The van der Waals surface area contributed by atoms with Gasteiger partial charge in [0.15, 0.2) is 6.33 Å². The molecule has 1 atom stereocenters. The van der Waals surface area contributed by atoms with Crippen LogP contribution in [-0.4, -0.2) is 16.7 Å². The lowest BCUT2D eigenvalue weighted by molar-refractivity contribution is 0.344. The molecule has 1 aromatic heterocycles. The van der Waals surface area contributed by atoms with Gasteiger partial charge in [-0.05, 0) is 19.4 Å². The molecule has 4 nitrogen and oxygen atoms in total. The third kappa shape index (κ3) is 1.70. The van der Waals surface area contributed by atoms with Gasteiger partial charge in [0.25, 0.3) is 0 Å². The zero-order valence-corrected chi connectivity index (χ0v) is 6.80. The lowest BCUT2D eigenvalue weighted by Crippen LogP contribution is -2.12. The molecular formula is C6H10ClN3O. The minimum Gasteiger partial charge on any atom is -0.338 e. The maximum absolute atomic E-state index is 4.89. The molecule has 62 valence electrons. The molecule has 5 heteroatoms. The minimum absolute atomic E-state index is 0. The van der Waals surface area contributed by atoms with Gasteiger partial charge in [-0.25, -0.2) is 0 Å². The Morgan fingerprint density at radius 2 is 2.55 bits per heavy atom. The average molecular weight is 176 g/mol. The van der Waals surface area contributed by atoms with Crippen LogP contribution in [0.1, 0.15) is 24.8 Å². The van der Waals surface area contributed by atoms with Gasteiger partial charge in [0.05, 0.1) is 6.04 Å². The highest BCUT2D eigenvalue weighted by molar-refractivity contribution is 5.85. The van der Waals surface area contributed by atoms with E-state index < -0.39 is 0 Å². The van der Waals surface area contributed by atoms with Gasteiger partial charge in [0, 0.05) is 0 Å². The van der Waals surface area contributed by atoms with Crippen molar-refractivity contribution in [3.05, 3.63) is 12.2 Å². The highest BCUT2D eigenvalue weighted by Crippen LogP contribution is 2.19. The lowest BCUT2D eigenvalue weighted by atomic mass is 10.2. The predicted octanol–water partition coefficient (Wildman–Crippen LogP) is 0.916. The van der Waals surface area contributed by atoms with Crippen molar-refractivity contribution < 1.29 is 4.52 Å². The van der Waals surface area contributed by atoms with E-state index >= 15 is 0 Å². The molecule has 1 aliphatic rings. The Morgan fingerprint density at radius 1 is 1.64 bits per heavy atom. The van der Waals surface area contributed by atoms with Gasteiger partial charge < -0.3 is 9.84 Å². The van der Waals surface area contributed by atoms with Gasteiger partial charge in [-0.1, -0.05) is 5.16 Å². The Hall–Kier alpha value is -0.610. The summed E-state index contributed by atoms with van der Waals surface area (Å²) in [6.07, 6.45) is 3.75. The van der Waals surface area contributed by atoms with Gasteiger partial charge >= 0.3 is 0 Å². The maximum atomic E-state index is 4.89.